The average molecular weight is 313 g/mol. The Labute approximate surface area is 124 Å². The van der Waals surface area contributed by atoms with Gasteiger partial charge >= 0.3 is 0 Å². The number of nitro benzene ring substituents is 1. The summed E-state index contributed by atoms with van der Waals surface area (Å²) in [6, 6.07) is 5.36. The molecular formula is C13H19N3O4S. The highest BCUT2D eigenvalue weighted by Gasteiger charge is 2.34. The molecule has 1 saturated heterocycles. The van der Waals surface area contributed by atoms with E-state index < -0.39 is 14.9 Å². The van der Waals surface area contributed by atoms with Crippen molar-refractivity contribution in [2.45, 2.75) is 23.8 Å². The molecule has 1 aromatic carbocycles. The van der Waals surface area contributed by atoms with Crippen LogP contribution >= 0.6 is 0 Å². The molecule has 0 aromatic heterocycles. The molecule has 21 heavy (non-hydrogen) atoms. The second-order valence-electron chi connectivity index (χ2n) is 5.28. The van der Waals surface area contributed by atoms with Gasteiger partial charge in [0.1, 0.15) is 0 Å². The van der Waals surface area contributed by atoms with Gasteiger partial charge in [-0.1, -0.05) is 12.1 Å². The zero-order chi connectivity index (χ0) is 15.6. The van der Waals surface area contributed by atoms with Crippen molar-refractivity contribution < 1.29 is 13.3 Å². The Balaban J connectivity index is 2.32. The lowest BCUT2D eigenvalue weighted by molar-refractivity contribution is -0.387. The van der Waals surface area contributed by atoms with E-state index in [0.717, 1.165) is 25.9 Å². The lowest BCUT2D eigenvalue weighted by Crippen LogP contribution is -2.44. The molecule has 0 atom stereocenters. The minimum Gasteiger partial charge on any atom is -0.306 e. The maximum absolute atomic E-state index is 12.6. The number of hydrogen-bond donors (Lipinski definition) is 0. The van der Waals surface area contributed by atoms with E-state index in [0.29, 0.717) is 0 Å². The fourth-order valence-corrected chi connectivity index (χ4v) is 4.11. The second-order valence-corrected chi connectivity index (χ2v) is 7.25. The zero-order valence-electron chi connectivity index (χ0n) is 12.1. The summed E-state index contributed by atoms with van der Waals surface area (Å²) in [7, 11) is -0.364. The summed E-state index contributed by atoms with van der Waals surface area (Å²) in [4.78, 5) is 12.3. The molecular weight excluding hydrogens is 294 g/mol. The number of para-hydroxylation sites is 1. The van der Waals surface area contributed by atoms with Crippen LogP contribution in [0.4, 0.5) is 5.69 Å². The van der Waals surface area contributed by atoms with E-state index in [-0.39, 0.29) is 16.6 Å². The van der Waals surface area contributed by atoms with Crippen LogP contribution in [0.15, 0.2) is 29.2 Å². The molecule has 0 spiro atoms. The highest BCUT2D eigenvalue weighted by Crippen LogP contribution is 2.28. The summed E-state index contributed by atoms with van der Waals surface area (Å²) in [6.45, 7) is 1.64. The smallest absolute Gasteiger partial charge is 0.289 e. The van der Waals surface area contributed by atoms with Crippen LogP contribution in [-0.4, -0.2) is 55.8 Å². The molecule has 0 saturated carbocycles. The van der Waals surface area contributed by atoms with Gasteiger partial charge in [-0.25, -0.2) is 8.42 Å². The lowest BCUT2D eigenvalue weighted by Gasteiger charge is -2.34. The molecule has 1 aromatic rings. The second kappa shape index (κ2) is 6.08. The van der Waals surface area contributed by atoms with Crippen molar-refractivity contribution in [3.63, 3.8) is 0 Å². The van der Waals surface area contributed by atoms with Gasteiger partial charge in [0.25, 0.3) is 5.69 Å². The van der Waals surface area contributed by atoms with E-state index >= 15 is 0 Å². The fourth-order valence-electron chi connectivity index (χ4n) is 2.54. The van der Waals surface area contributed by atoms with Crippen LogP contribution in [0.25, 0.3) is 0 Å². The highest BCUT2D eigenvalue weighted by atomic mass is 32.2. The van der Waals surface area contributed by atoms with Crippen molar-refractivity contribution >= 4 is 15.7 Å². The Hall–Kier alpha value is -1.51. The van der Waals surface area contributed by atoms with Gasteiger partial charge in [-0.15, -0.1) is 0 Å². The molecule has 7 nitrogen and oxygen atoms in total. The molecule has 0 unspecified atom stereocenters. The van der Waals surface area contributed by atoms with Crippen LogP contribution in [-0.2, 0) is 10.0 Å². The van der Waals surface area contributed by atoms with Crippen LogP contribution in [0.3, 0.4) is 0 Å². The number of likely N-dealkylation sites (tertiary alicyclic amines) is 1. The number of hydrogen-bond acceptors (Lipinski definition) is 5. The van der Waals surface area contributed by atoms with Gasteiger partial charge in [0.05, 0.1) is 4.92 Å². The standard InChI is InChI=1S/C13H19N3O4S/c1-14-9-7-11(8-10-14)15(2)21(19,20)13-6-4-3-5-12(13)16(17)18/h3-6,11H,7-10H2,1-2H3. The molecule has 1 aliphatic rings. The first-order valence-electron chi connectivity index (χ1n) is 6.74. The highest BCUT2D eigenvalue weighted by molar-refractivity contribution is 7.89. The normalized spacial score (nSPS) is 18.0. The van der Waals surface area contributed by atoms with E-state index in [9.17, 15) is 18.5 Å². The molecule has 1 fully saturated rings. The summed E-state index contributed by atoms with van der Waals surface area (Å²) < 4.78 is 26.6. The van der Waals surface area contributed by atoms with Crippen LogP contribution in [0, 0.1) is 10.1 Å². The number of rotatable bonds is 4. The summed E-state index contributed by atoms with van der Waals surface area (Å²) in [5.74, 6) is 0. The van der Waals surface area contributed by atoms with Gasteiger partial charge in [0, 0.05) is 19.2 Å². The minimum absolute atomic E-state index is 0.119. The van der Waals surface area contributed by atoms with Crippen molar-refractivity contribution in [2.75, 3.05) is 27.2 Å². The van der Waals surface area contributed by atoms with Crippen LogP contribution in [0.5, 0.6) is 0 Å². The molecule has 0 aliphatic carbocycles. The van der Waals surface area contributed by atoms with E-state index in [2.05, 4.69) is 4.90 Å². The average Bonchev–Trinajstić information content (AvgIpc) is 2.47. The van der Waals surface area contributed by atoms with E-state index in [1.54, 1.807) is 0 Å². The number of piperidine rings is 1. The van der Waals surface area contributed by atoms with Gasteiger partial charge in [-0.2, -0.15) is 4.31 Å². The summed E-state index contributed by atoms with van der Waals surface area (Å²) >= 11 is 0. The van der Waals surface area contributed by atoms with Gasteiger partial charge in [0.2, 0.25) is 10.0 Å². The van der Waals surface area contributed by atoms with Crippen molar-refractivity contribution in [1.29, 1.82) is 0 Å². The molecule has 1 aliphatic heterocycles. The lowest BCUT2D eigenvalue weighted by atomic mass is 10.1. The predicted molar refractivity (Wildman–Crippen MR) is 78.6 cm³/mol. The maximum Gasteiger partial charge on any atom is 0.289 e. The first-order chi connectivity index (χ1) is 9.84. The number of nitro groups is 1. The SMILES string of the molecule is CN1CCC(N(C)S(=O)(=O)c2ccccc2[N+](=O)[O-])CC1. The molecule has 116 valence electrons. The summed E-state index contributed by atoms with van der Waals surface area (Å²) in [5.41, 5.74) is -0.378. The maximum atomic E-state index is 12.6. The van der Waals surface area contributed by atoms with Crippen LogP contribution in [0.1, 0.15) is 12.8 Å². The summed E-state index contributed by atoms with van der Waals surface area (Å²) in [5, 5.41) is 11.0. The monoisotopic (exact) mass is 313 g/mol. The molecule has 8 heteroatoms. The number of nitrogens with zero attached hydrogens (tertiary/aromatic N) is 3. The minimum atomic E-state index is -3.86. The first-order valence-corrected chi connectivity index (χ1v) is 8.18. The first kappa shape index (κ1) is 15.9. The fraction of sp³-hybridized carbons (Fsp3) is 0.538. The van der Waals surface area contributed by atoms with E-state index in [1.165, 1.54) is 35.6 Å². The molecule has 0 bridgehead atoms. The molecule has 0 radical (unpaired) electrons. The van der Waals surface area contributed by atoms with Gasteiger partial charge in [0.15, 0.2) is 4.90 Å². The largest absolute Gasteiger partial charge is 0.306 e. The van der Waals surface area contributed by atoms with Gasteiger partial charge in [-0.3, -0.25) is 10.1 Å². The van der Waals surface area contributed by atoms with E-state index in [4.69, 9.17) is 0 Å². The Morgan fingerprint density at radius 3 is 2.43 bits per heavy atom. The number of sulfonamides is 1. The molecule has 1 heterocycles. The van der Waals surface area contributed by atoms with Crippen molar-refractivity contribution in [3.05, 3.63) is 34.4 Å². The third-order valence-electron chi connectivity index (χ3n) is 3.92. The molecule has 0 N–H and O–H groups in total. The Bertz CT molecular complexity index is 624. The van der Waals surface area contributed by atoms with Crippen molar-refractivity contribution in [2.24, 2.45) is 0 Å². The number of benzene rings is 1. The predicted octanol–water partition coefficient (Wildman–Crippen LogP) is 1.31. The Kier molecular flexibility index (Phi) is 4.60. The Morgan fingerprint density at radius 2 is 1.86 bits per heavy atom. The van der Waals surface area contributed by atoms with E-state index in [1.807, 2.05) is 7.05 Å². The zero-order valence-corrected chi connectivity index (χ0v) is 12.9. The Morgan fingerprint density at radius 1 is 1.29 bits per heavy atom. The van der Waals surface area contributed by atoms with Crippen LogP contribution < -0.4 is 0 Å². The third kappa shape index (κ3) is 3.22. The third-order valence-corrected chi connectivity index (χ3v) is 5.88. The molecule has 2 rings (SSSR count). The summed E-state index contributed by atoms with van der Waals surface area (Å²) in [6.07, 6.45) is 1.46. The van der Waals surface area contributed by atoms with Crippen molar-refractivity contribution in [1.82, 2.24) is 9.21 Å². The quantitative estimate of drug-likeness (QED) is 0.618. The molecule has 0 amide bonds. The van der Waals surface area contributed by atoms with Gasteiger partial charge in [-0.05, 0) is 39.0 Å². The van der Waals surface area contributed by atoms with Crippen LogP contribution in [0.2, 0.25) is 0 Å². The topological polar surface area (TPSA) is 83.8 Å². The van der Waals surface area contributed by atoms with Gasteiger partial charge < -0.3 is 4.90 Å². The van der Waals surface area contributed by atoms with Crippen molar-refractivity contribution in [3.8, 4) is 0 Å².